The van der Waals surface area contributed by atoms with Crippen molar-refractivity contribution >= 4 is 0 Å². The van der Waals surface area contributed by atoms with Gasteiger partial charge in [-0.1, -0.05) is 79.7 Å². The molecule has 0 aliphatic carbocycles. The Hall–Kier alpha value is -1.94. The molecule has 0 spiro atoms. The summed E-state index contributed by atoms with van der Waals surface area (Å²) in [5.41, 5.74) is 3.37. The first-order valence-electron chi connectivity index (χ1n) is 9.65. The lowest BCUT2D eigenvalue weighted by Crippen LogP contribution is -2.33. The summed E-state index contributed by atoms with van der Waals surface area (Å²) in [7, 11) is 0. The smallest absolute Gasteiger partial charge is 0.0720 e. The normalized spacial score (nSPS) is 14.5. The molecule has 3 heteroatoms. The lowest BCUT2D eigenvalue weighted by Gasteiger charge is -2.32. The minimum absolute atomic E-state index is 0.0805. The van der Waals surface area contributed by atoms with Gasteiger partial charge in [0.15, 0.2) is 0 Å². The van der Waals surface area contributed by atoms with Gasteiger partial charge in [-0.05, 0) is 30.4 Å². The molecule has 2 rings (SSSR count). The monoisotopic (exact) mass is 368 g/mol. The molecule has 0 saturated carbocycles. The highest BCUT2D eigenvalue weighted by Gasteiger charge is 2.28. The van der Waals surface area contributed by atoms with Crippen LogP contribution in [0.2, 0.25) is 0 Å². The number of rotatable bonds is 12. The van der Waals surface area contributed by atoms with Crippen LogP contribution in [0.5, 0.6) is 0 Å². The fourth-order valence-electron chi connectivity index (χ4n) is 3.48. The Bertz CT molecular complexity index is 654. The van der Waals surface area contributed by atoms with Crippen molar-refractivity contribution in [2.24, 2.45) is 11.8 Å². The molecule has 0 radical (unpaired) electrons. The highest BCUT2D eigenvalue weighted by molar-refractivity contribution is 5.14. The van der Waals surface area contributed by atoms with E-state index in [1.165, 1.54) is 5.56 Å². The molecule has 0 aromatic heterocycles. The van der Waals surface area contributed by atoms with Crippen LogP contribution in [-0.4, -0.2) is 24.4 Å². The van der Waals surface area contributed by atoms with Crippen LogP contribution in [0.15, 0.2) is 72.8 Å². The largest absolute Gasteiger partial charge is 0.396 e. The van der Waals surface area contributed by atoms with Gasteiger partial charge in [-0.25, -0.2) is 0 Å². The van der Waals surface area contributed by atoms with E-state index in [4.69, 9.17) is 9.47 Å². The zero-order valence-corrected chi connectivity index (χ0v) is 16.5. The third-order valence-corrected chi connectivity index (χ3v) is 4.80. The number of hydrogen-bond donors (Lipinski definition) is 1. The van der Waals surface area contributed by atoms with Crippen LogP contribution in [0, 0.1) is 11.8 Å². The van der Waals surface area contributed by atoms with E-state index in [9.17, 15) is 5.11 Å². The molecule has 0 fully saturated rings. The predicted molar refractivity (Wildman–Crippen MR) is 110 cm³/mol. The van der Waals surface area contributed by atoms with Gasteiger partial charge in [-0.2, -0.15) is 0 Å². The van der Waals surface area contributed by atoms with Gasteiger partial charge in [-0.3, -0.25) is 0 Å². The summed E-state index contributed by atoms with van der Waals surface area (Å²) in [6, 6.07) is 20.3. The highest BCUT2D eigenvalue weighted by atomic mass is 16.5. The summed E-state index contributed by atoms with van der Waals surface area (Å²) in [6.45, 7) is 10.2. The SMILES string of the molecule is C=C(C)[C@@H]([C@H](C)COCc1ccccc1)[C@@H](CCO)OCc1ccccc1. The zero-order valence-electron chi connectivity index (χ0n) is 16.5. The van der Waals surface area contributed by atoms with Gasteiger partial charge < -0.3 is 14.6 Å². The first-order valence-corrected chi connectivity index (χ1v) is 9.65. The molecular weight excluding hydrogens is 336 g/mol. The second-order valence-corrected chi connectivity index (χ2v) is 7.20. The van der Waals surface area contributed by atoms with Crippen molar-refractivity contribution in [1.29, 1.82) is 0 Å². The predicted octanol–water partition coefficient (Wildman–Crippen LogP) is 5.00. The van der Waals surface area contributed by atoms with Crippen LogP contribution < -0.4 is 0 Å². The van der Waals surface area contributed by atoms with Crippen LogP contribution in [0.4, 0.5) is 0 Å². The van der Waals surface area contributed by atoms with Crippen LogP contribution in [-0.2, 0) is 22.7 Å². The molecule has 27 heavy (non-hydrogen) atoms. The van der Waals surface area contributed by atoms with E-state index in [1.54, 1.807) is 0 Å². The fourth-order valence-corrected chi connectivity index (χ4v) is 3.48. The second-order valence-electron chi connectivity index (χ2n) is 7.20. The average molecular weight is 369 g/mol. The van der Waals surface area contributed by atoms with Gasteiger partial charge in [0.1, 0.15) is 0 Å². The van der Waals surface area contributed by atoms with E-state index in [0.29, 0.717) is 26.2 Å². The average Bonchev–Trinajstić information content (AvgIpc) is 2.67. The van der Waals surface area contributed by atoms with Gasteiger partial charge in [0.2, 0.25) is 0 Å². The molecule has 0 saturated heterocycles. The van der Waals surface area contributed by atoms with Crippen molar-refractivity contribution in [2.45, 2.75) is 39.6 Å². The van der Waals surface area contributed by atoms with Crippen molar-refractivity contribution in [3.8, 4) is 0 Å². The number of aliphatic hydroxyl groups is 1. The van der Waals surface area contributed by atoms with Gasteiger partial charge in [0, 0.05) is 12.5 Å². The van der Waals surface area contributed by atoms with Crippen molar-refractivity contribution in [2.75, 3.05) is 13.2 Å². The summed E-state index contributed by atoms with van der Waals surface area (Å²) in [5, 5.41) is 9.53. The van der Waals surface area contributed by atoms with Crippen LogP contribution in [0.25, 0.3) is 0 Å². The number of ether oxygens (including phenoxy) is 2. The maximum absolute atomic E-state index is 9.53. The summed E-state index contributed by atoms with van der Waals surface area (Å²) in [6.07, 6.45) is 0.510. The van der Waals surface area contributed by atoms with Crippen LogP contribution in [0.1, 0.15) is 31.4 Å². The molecule has 0 unspecified atom stereocenters. The molecule has 2 aromatic rings. The van der Waals surface area contributed by atoms with Crippen molar-refractivity contribution in [3.05, 3.63) is 83.9 Å². The molecule has 0 heterocycles. The van der Waals surface area contributed by atoms with E-state index in [0.717, 1.165) is 11.1 Å². The van der Waals surface area contributed by atoms with Crippen molar-refractivity contribution in [3.63, 3.8) is 0 Å². The minimum Gasteiger partial charge on any atom is -0.396 e. The van der Waals surface area contributed by atoms with Crippen molar-refractivity contribution in [1.82, 2.24) is 0 Å². The summed E-state index contributed by atoms with van der Waals surface area (Å²) < 4.78 is 12.1. The van der Waals surface area contributed by atoms with Crippen LogP contribution in [0.3, 0.4) is 0 Å². The standard InChI is InChI=1S/C24H32O3/c1-19(2)24(20(3)16-26-17-21-10-6-4-7-11-21)23(14-15-25)27-18-22-12-8-5-9-13-22/h4-13,20,23-25H,1,14-18H2,2-3H3/t20-,23-,24+/m1/s1. The molecule has 146 valence electrons. The summed E-state index contributed by atoms with van der Waals surface area (Å²) in [4.78, 5) is 0. The maximum atomic E-state index is 9.53. The van der Waals surface area contributed by atoms with Gasteiger partial charge in [-0.15, -0.1) is 0 Å². The molecular formula is C24H32O3. The molecule has 1 N–H and O–H groups in total. The van der Waals surface area contributed by atoms with Gasteiger partial charge in [0.05, 0.1) is 25.9 Å². The summed E-state index contributed by atoms with van der Waals surface area (Å²) >= 11 is 0. The topological polar surface area (TPSA) is 38.7 Å². The quantitative estimate of drug-likeness (QED) is 0.536. The second kappa shape index (κ2) is 11.7. The van der Waals surface area contributed by atoms with E-state index in [-0.39, 0.29) is 24.5 Å². The molecule has 2 aromatic carbocycles. The third-order valence-electron chi connectivity index (χ3n) is 4.80. The van der Waals surface area contributed by atoms with Gasteiger partial charge in [0.25, 0.3) is 0 Å². The molecule has 3 nitrogen and oxygen atoms in total. The number of aliphatic hydroxyl groups excluding tert-OH is 1. The van der Waals surface area contributed by atoms with E-state index < -0.39 is 0 Å². The molecule has 0 aliphatic heterocycles. The number of hydrogen-bond acceptors (Lipinski definition) is 3. The Kier molecular flexibility index (Phi) is 9.26. The highest BCUT2D eigenvalue weighted by Crippen LogP contribution is 2.28. The third kappa shape index (κ3) is 7.30. The Labute approximate surface area is 163 Å². The Morgan fingerprint density at radius 2 is 1.52 bits per heavy atom. The zero-order chi connectivity index (χ0) is 19.5. The number of benzene rings is 2. The van der Waals surface area contributed by atoms with E-state index >= 15 is 0 Å². The minimum atomic E-state index is -0.0805. The van der Waals surface area contributed by atoms with E-state index in [1.807, 2.05) is 43.3 Å². The first-order chi connectivity index (χ1) is 13.1. The Morgan fingerprint density at radius 1 is 0.963 bits per heavy atom. The molecule has 0 amide bonds. The summed E-state index contributed by atoms with van der Waals surface area (Å²) in [5.74, 6) is 0.384. The maximum Gasteiger partial charge on any atom is 0.0720 e. The molecule has 0 bridgehead atoms. The first kappa shape index (κ1) is 21.4. The van der Waals surface area contributed by atoms with Crippen LogP contribution >= 0.6 is 0 Å². The fraction of sp³-hybridized carbons (Fsp3) is 0.417. The lowest BCUT2D eigenvalue weighted by molar-refractivity contribution is -0.0320. The Balaban J connectivity index is 1.94. The molecule has 3 atom stereocenters. The molecule has 0 aliphatic rings. The van der Waals surface area contributed by atoms with E-state index in [2.05, 4.69) is 37.8 Å². The van der Waals surface area contributed by atoms with Crippen molar-refractivity contribution < 1.29 is 14.6 Å². The lowest BCUT2D eigenvalue weighted by atomic mass is 9.83. The Morgan fingerprint density at radius 3 is 2.04 bits per heavy atom. The van der Waals surface area contributed by atoms with Gasteiger partial charge >= 0.3 is 0 Å².